The zero-order valence-corrected chi connectivity index (χ0v) is 14.3. The molecule has 22 heavy (non-hydrogen) atoms. The summed E-state index contributed by atoms with van der Waals surface area (Å²) in [5, 5.41) is 2.94. The molecular formula is C15H19BrF2N2O2. The van der Waals surface area contributed by atoms with Gasteiger partial charge in [0.25, 0.3) is 0 Å². The van der Waals surface area contributed by atoms with E-state index in [9.17, 15) is 13.6 Å². The van der Waals surface area contributed by atoms with E-state index in [2.05, 4.69) is 21.2 Å². The van der Waals surface area contributed by atoms with E-state index in [1.54, 1.807) is 25.7 Å². The van der Waals surface area contributed by atoms with Gasteiger partial charge in [-0.1, -0.05) is 0 Å². The number of amides is 1. The molecule has 1 aliphatic heterocycles. The highest BCUT2D eigenvalue weighted by atomic mass is 79.9. The maximum absolute atomic E-state index is 13.8. The molecule has 4 nitrogen and oxygen atoms in total. The summed E-state index contributed by atoms with van der Waals surface area (Å²) in [4.78, 5) is 13.5. The van der Waals surface area contributed by atoms with Crippen LogP contribution >= 0.6 is 15.9 Å². The van der Waals surface area contributed by atoms with Crippen molar-refractivity contribution < 1.29 is 18.3 Å². The van der Waals surface area contributed by atoms with Crippen molar-refractivity contribution >= 4 is 27.7 Å². The van der Waals surface area contributed by atoms with Gasteiger partial charge in [-0.3, -0.25) is 0 Å². The van der Waals surface area contributed by atoms with E-state index in [1.165, 1.54) is 0 Å². The lowest BCUT2D eigenvalue weighted by Crippen LogP contribution is -2.36. The van der Waals surface area contributed by atoms with Gasteiger partial charge in [0, 0.05) is 25.2 Å². The van der Waals surface area contributed by atoms with Gasteiger partial charge < -0.3 is 15.0 Å². The minimum absolute atomic E-state index is 0.0809. The predicted molar refractivity (Wildman–Crippen MR) is 83.9 cm³/mol. The van der Waals surface area contributed by atoms with Crippen LogP contribution < -0.4 is 5.32 Å². The Morgan fingerprint density at radius 2 is 2.05 bits per heavy atom. The first-order valence-corrected chi connectivity index (χ1v) is 7.84. The number of anilines is 1. The number of hydrogen-bond acceptors (Lipinski definition) is 3. The average Bonchev–Trinajstić information content (AvgIpc) is 2.82. The molecule has 1 aliphatic rings. The molecule has 1 heterocycles. The summed E-state index contributed by atoms with van der Waals surface area (Å²) < 4.78 is 32.7. The molecule has 0 aromatic heterocycles. The fourth-order valence-corrected chi connectivity index (χ4v) is 2.54. The van der Waals surface area contributed by atoms with Gasteiger partial charge >= 0.3 is 6.09 Å². The van der Waals surface area contributed by atoms with Crippen LogP contribution in [0.15, 0.2) is 16.6 Å². The number of benzene rings is 1. The minimum atomic E-state index is -0.552. The Balaban J connectivity index is 1.97. The molecule has 1 N–H and O–H groups in total. The number of carbonyl (C=O) groups is 1. The van der Waals surface area contributed by atoms with Crippen LogP contribution in [0.3, 0.4) is 0 Å². The van der Waals surface area contributed by atoms with Crippen LogP contribution in [-0.2, 0) is 4.74 Å². The molecule has 2 rings (SSSR count). The van der Waals surface area contributed by atoms with Crippen molar-refractivity contribution in [1.82, 2.24) is 4.90 Å². The number of likely N-dealkylation sites (tertiary alicyclic amines) is 1. The van der Waals surface area contributed by atoms with E-state index in [4.69, 9.17) is 4.74 Å². The molecule has 0 radical (unpaired) electrons. The second-order valence-corrected chi connectivity index (χ2v) is 7.16. The van der Waals surface area contributed by atoms with E-state index in [1.807, 2.05) is 0 Å². The molecule has 0 bridgehead atoms. The van der Waals surface area contributed by atoms with Gasteiger partial charge in [-0.25, -0.2) is 13.6 Å². The van der Waals surface area contributed by atoms with Crippen molar-refractivity contribution in [2.45, 2.75) is 38.8 Å². The molecule has 1 saturated heterocycles. The standard InChI is InChI=1S/C15H19BrF2N2O2/c1-15(2,3)22-14(21)20-5-4-9(8-20)19-13-7-11(17)10(16)6-12(13)18/h6-7,9,19H,4-5,8H2,1-3H3. The van der Waals surface area contributed by atoms with E-state index in [0.717, 1.165) is 12.1 Å². The van der Waals surface area contributed by atoms with Crippen LogP contribution in [0.1, 0.15) is 27.2 Å². The Hall–Kier alpha value is -1.37. The first-order chi connectivity index (χ1) is 10.2. The van der Waals surface area contributed by atoms with Crippen molar-refractivity contribution in [2.24, 2.45) is 0 Å². The number of nitrogens with zero attached hydrogens (tertiary/aromatic N) is 1. The van der Waals surface area contributed by atoms with Crippen molar-refractivity contribution in [3.8, 4) is 0 Å². The monoisotopic (exact) mass is 376 g/mol. The number of carbonyl (C=O) groups excluding carboxylic acids is 1. The van der Waals surface area contributed by atoms with Crippen molar-refractivity contribution in [3.63, 3.8) is 0 Å². The quantitative estimate of drug-likeness (QED) is 0.788. The van der Waals surface area contributed by atoms with Gasteiger partial charge in [0.15, 0.2) is 0 Å². The van der Waals surface area contributed by atoms with Crippen molar-refractivity contribution in [1.29, 1.82) is 0 Å². The number of ether oxygens (including phenoxy) is 1. The Kier molecular flexibility index (Phi) is 4.94. The molecule has 1 fully saturated rings. The summed E-state index contributed by atoms with van der Waals surface area (Å²) in [7, 11) is 0. The zero-order chi connectivity index (χ0) is 16.5. The van der Waals surface area contributed by atoms with Crippen LogP contribution in [0.4, 0.5) is 19.3 Å². The summed E-state index contributed by atoms with van der Waals surface area (Å²) >= 11 is 2.94. The highest BCUT2D eigenvalue weighted by Gasteiger charge is 2.30. The topological polar surface area (TPSA) is 41.6 Å². The summed E-state index contributed by atoms with van der Waals surface area (Å²) in [6.45, 7) is 6.32. The molecule has 0 saturated carbocycles. The summed E-state index contributed by atoms with van der Waals surface area (Å²) in [5.74, 6) is -1.07. The predicted octanol–water partition coefficient (Wildman–Crippen LogP) is 4.15. The summed E-state index contributed by atoms with van der Waals surface area (Å²) in [5.41, 5.74) is -0.458. The smallest absolute Gasteiger partial charge is 0.410 e. The SMILES string of the molecule is CC(C)(C)OC(=O)N1CCC(Nc2cc(F)c(Br)cc2F)C1. The summed E-state index contributed by atoms with van der Waals surface area (Å²) in [6, 6.07) is 2.05. The molecular weight excluding hydrogens is 358 g/mol. The maximum Gasteiger partial charge on any atom is 0.410 e. The number of halogens is 3. The third kappa shape index (κ3) is 4.32. The van der Waals surface area contributed by atoms with E-state index in [0.29, 0.717) is 19.5 Å². The fraction of sp³-hybridized carbons (Fsp3) is 0.533. The van der Waals surface area contributed by atoms with Gasteiger partial charge in [-0.05, 0) is 49.2 Å². The van der Waals surface area contributed by atoms with E-state index < -0.39 is 17.2 Å². The molecule has 1 atom stereocenters. The Bertz CT molecular complexity index is 575. The van der Waals surface area contributed by atoms with Crippen LogP contribution in [0, 0.1) is 11.6 Å². The lowest BCUT2D eigenvalue weighted by atomic mass is 10.2. The second kappa shape index (κ2) is 6.40. The molecule has 122 valence electrons. The molecule has 1 unspecified atom stereocenters. The minimum Gasteiger partial charge on any atom is -0.444 e. The van der Waals surface area contributed by atoms with Gasteiger partial charge in [-0.15, -0.1) is 0 Å². The third-order valence-corrected chi connectivity index (χ3v) is 3.82. The first kappa shape index (κ1) is 17.0. The summed E-state index contributed by atoms with van der Waals surface area (Å²) in [6.07, 6.45) is 0.260. The lowest BCUT2D eigenvalue weighted by Gasteiger charge is -2.24. The number of hydrogen-bond donors (Lipinski definition) is 1. The Morgan fingerprint density at radius 1 is 1.36 bits per heavy atom. The number of nitrogens with one attached hydrogen (secondary N) is 1. The van der Waals surface area contributed by atoms with Crippen molar-refractivity contribution in [3.05, 3.63) is 28.2 Å². The maximum atomic E-state index is 13.8. The van der Waals surface area contributed by atoms with Gasteiger partial charge in [0.1, 0.15) is 17.2 Å². The van der Waals surface area contributed by atoms with E-state index in [-0.39, 0.29) is 22.3 Å². The Morgan fingerprint density at radius 3 is 2.68 bits per heavy atom. The van der Waals surface area contributed by atoms with Crippen molar-refractivity contribution in [2.75, 3.05) is 18.4 Å². The highest BCUT2D eigenvalue weighted by Crippen LogP contribution is 2.25. The van der Waals surface area contributed by atoms with Gasteiger partial charge in [0.2, 0.25) is 0 Å². The molecule has 1 aromatic carbocycles. The fourth-order valence-electron chi connectivity index (χ4n) is 2.22. The first-order valence-electron chi connectivity index (χ1n) is 7.05. The molecule has 7 heteroatoms. The highest BCUT2D eigenvalue weighted by molar-refractivity contribution is 9.10. The number of rotatable bonds is 2. The van der Waals surface area contributed by atoms with Crippen LogP contribution in [0.25, 0.3) is 0 Å². The lowest BCUT2D eigenvalue weighted by molar-refractivity contribution is 0.0293. The molecule has 1 amide bonds. The average molecular weight is 377 g/mol. The third-order valence-electron chi connectivity index (χ3n) is 3.21. The zero-order valence-electron chi connectivity index (χ0n) is 12.8. The van der Waals surface area contributed by atoms with Crippen LogP contribution in [0.5, 0.6) is 0 Å². The van der Waals surface area contributed by atoms with Crippen LogP contribution in [0.2, 0.25) is 0 Å². The molecule has 0 aliphatic carbocycles. The Labute approximate surface area is 136 Å². The second-order valence-electron chi connectivity index (χ2n) is 6.30. The molecule has 1 aromatic rings. The van der Waals surface area contributed by atoms with E-state index >= 15 is 0 Å². The van der Waals surface area contributed by atoms with Gasteiger partial charge in [-0.2, -0.15) is 0 Å². The normalized spacial score (nSPS) is 18.5. The van der Waals surface area contributed by atoms with Gasteiger partial charge in [0.05, 0.1) is 10.2 Å². The van der Waals surface area contributed by atoms with Crippen LogP contribution in [-0.4, -0.2) is 35.7 Å². The molecule has 0 spiro atoms. The largest absolute Gasteiger partial charge is 0.444 e.